The summed E-state index contributed by atoms with van der Waals surface area (Å²) in [6.07, 6.45) is 1.67. The predicted molar refractivity (Wildman–Crippen MR) is 110 cm³/mol. The molecule has 0 bridgehead atoms. The van der Waals surface area contributed by atoms with E-state index in [9.17, 15) is 4.39 Å². The maximum Gasteiger partial charge on any atom is 0.182 e. The van der Waals surface area contributed by atoms with Gasteiger partial charge in [-0.25, -0.2) is 18.9 Å². The number of halogens is 2. The number of rotatable bonds is 2. The number of benzene rings is 2. The molecule has 28 heavy (non-hydrogen) atoms. The zero-order chi connectivity index (χ0) is 19.4. The first-order valence-electron chi connectivity index (χ1n) is 8.78. The second-order valence-electron chi connectivity index (χ2n) is 6.65. The van der Waals surface area contributed by atoms with Crippen molar-refractivity contribution in [1.82, 2.24) is 24.1 Å². The molecule has 0 aliphatic carbocycles. The Bertz CT molecular complexity index is 1350. The molecule has 5 aromatic rings. The van der Waals surface area contributed by atoms with E-state index in [1.807, 2.05) is 18.2 Å². The van der Waals surface area contributed by atoms with Gasteiger partial charge in [-0.1, -0.05) is 12.1 Å². The average Bonchev–Trinajstić information content (AvgIpc) is 3.23. The van der Waals surface area contributed by atoms with Crippen LogP contribution >= 0.6 is 15.9 Å². The summed E-state index contributed by atoms with van der Waals surface area (Å²) in [6, 6.07) is 14.2. The minimum atomic E-state index is -0.284. The molecule has 0 saturated carbocycles. The van der Waals surface area contributed by atoms with Gasteiger partial charge in [0.05, 0.1) is 11.1 Å². The van der Waals surface area contributed by atoms with E-state index in [1.54, 1.807) is 23.0 Å². The van der Waals surface area contributed by atoms with Crippen molar-refractivity contribution in [2.75, 3.05) is 0 Å². The molecular weight excluding hydrogens is 421 g/mol. The van der Waals surface area contributed by atoms with E-state index in [1.165, 1.54) is 12.1 Å². The highest BCUT2D eigenvalue weighted by Crippen LogP contribution is 2.33. The molecular formula is C21H15BrFN5. The van der Waals surface area contributed by atoms with Crippen molar-refractivity contribution in [3.05, 3.63) is 76.4 Å². The highest BCUT2D eigenvalue weighted by atomic mass is 79.9. The van der Waals surface area contributed by atoms with Gasteiger partial charge in [-0.2, -0.15) is 0 Å². The summed E-state index contributed by atoms with van der Waals surface area (Å²) in [7, 11) is 0. The SMILES string of the molecule is Cc1c(C)n(-c2ccccc2Br)c2ncn3nc(-c4ccc(F)cc4)nc3c12. The van der Waals surface area contributed by atoms with Gasteiger partial charge < -0.3 is 0 Å². The van der Waals surface area contributed by atoms with Crippen LogP contribution in [0.5, 0.6) is 0 Å². The first-order chi connectivity index (χ1) is 13.5. The lowest BCUT2D eigenvalue weighted by Gasteiger charge is -2.09. The van der Waals surface area contributed by atoms with Crippen LogP contribution in [0.3, 0.4) is 0 Å². The Kier molecular flexibility index (Phi) is 3.80. The average molecular weight is 436 g/mol. The molecule has 5 nitrogen and oxygen atoms in total. The van der Waals surface area contributed by atoms with Gasteiger partial charge in [-0.3, -0.25) is 4.57 Å². The monoisotopic (exact) mass is 435 g/mol. The number of aromatic nitrogens is 5. The van der Waals surface area contributed by atoms with E-state index < -0.39 is 0 Å². The highest BCUT2D eigenvalue weighted by Gasteiger charge is 2.20. The van der Waals surface area contributed by atoms with Gasteiger partial charge in [-0.05, 0) is 71.7 Å². The summed E-state index contributed by atoms with van der Waals surface area (Å²) < 4.78 is 18.0. The highest BCUT2D eigenvalue weighted by molar-refractivity contribution is 9.10. The second-order valence-corrected chi connectivity index (χ2v) is 7.51. The molecule has 0 fully saturated rings. The minimum Gasteiger partial charge on any atom is -0.297 e. The lowest BCUT2D eigenvalue weighted by atomic mass is 10.2. The van der Waals surface area contributed by atoms with Crippen LogP contribution in [-0.2, 0) is 0 Å². The molecule has 138 valence electrons. The van der Waals surface area contributed by atoms with Gasteiger partial charge in [0.2, 0.25) is 0 Å². The van der Waals surface area contributed by atoms with E-state index in [4.69, 9.17) is 4.98 Å². The Morgan fingerprint density at radius 1 is 0.964 bits per heavy atom. The molecule has 2 aromatic carbocycles. The fourth-order valence-corrected chi connectivity index (χ4v) is 3.97. The van der Waals surface area contributed by atoms with Crippen LogP contribution in [0, 0.1) is 19.7 Å². The van der Waals surface area contributed by atoms with Crippen molar-refractivity contribution in [2.24, 2.45) is 0 Å². The summed E-state index contributed by atoms with van der Waals surface area (Å²) in [4.78, 5) is 9.41. The van der Waals surface area contributed by atoms with E-state index in [-0.39, 0.29) is 5.82 Å². The summed E-state index contributed by atoms with van der Waals surface area (Å²) in [5.74, 6) is 0.258. The normalized spacial score (nSPS) is 11.6. The van der Waals surface area contributed by atoms with Gasteiger partial charge >= 0.3 is 0 Å². The smallest absolute Gasteiger partial charge is 0.182 e. The molecule has 0 unspecified atom stereocenters. The third kappa shape index (κ3) is 2.46. The zero-order valence-corrected chi connectivity index (χ0v) is 16.8. The molecule has 5 rings (SSSR count). The molecule has 0 atom stereocenters. The molecule has 3 aromatic heterocycles. The zero-order valence-electron chi connectivity index (χ0n) is 15.2. The maximum absolute atomic E-state index is 13.2. The number of hydrogen-bond acceptors (Lipinski definition) is 3. The largest absolute Gasteiger partial charge is 0.297 e. The Balaban J connectivity index is 1.80. The van der Waals surface area contributed by atoms with Crippen LogP contribution in [0.15, 0.2) is 59.3 Å². The molecule has 0 saturated heterocycles. The van der Waals surface area contributed by atoms with Crippen LogP contribution in [0.25, 0.3) is 33.8 Å². The first kappa shape index (κ1) is 17.1. The summed E-state index contributed by atoms with van der Waals surface area (Å²) in [5.41, 5.74) is 5.53. The summed E-state index contributed by atoms with van der Waals surface area (Å²) >= 11 is 3.64. The molecule has 0 spiro atoms. The van der Waals surface area contributed by atoms with Gasteiger partial charge in [-0.15, -0.1) is 5.10 Å². The van der Waals surface area contributed by atoms with Crippen molar-refractivity contribution in [3.63, 3.8) is 0 Å². The molecule has 0 amide bonds. The van der Waals surface area contributed by atoms with Gasteiger partial charge in [0, 0.05) is 15.7 Å². The Labute approximate surface area is 168 Å². The Morgan fingerprint density at radius 2 is 1.71 bits per heavy atom. The molecule has 0 aliphatic heterocycles. The molecule has 0 radical (unpaired) electrons. The fourth-order valence-electron chi connectivity index (χ4n) is 3.51. The second kappa shape index (κ2) is 6.24. The van der Waals surface area contributed by atoms with Crippen LogP contribution in [-0.4, -0.2) is 24.1 Å². The summed E-state index contributed by atoms with van der Waals surface area (Å²) in [6.45, 7) is 4.14. The fraction of sp³-hybridized carbons (Fsp3) is 0.0952. The molecule has 0 aliphatic rings. The topological polar surface area (TPSA) is 48.0 Å². The van der Waals surface area contributed by atoms with Gasteiger partial charge in [0.15, 0.2) is 17.1 Å². The Hall–Kier alpha value is -3.06. The lowest BCUT2D eigenvalue weighted by molar-refractivity contribution is 0.628. The Morgan fingerprint density at radius 3 is 2.46 bits per heavy atom. The first-order valence-corrected chi connectivity index (χ1v) is 9.57. The third-order valence-electron chi connectivity index (χ3n) is 5.03. The van der Waals surface area contributed by atoms with Crippen LogP contribution in [0.1, 0.15) is 11.3 Å². The van der Waals surface area contributed by atoms with Gasteiger partial charge in [0.1, 0.15) is 12.1 Å². The van der Waals surface area contributed by atoms with Crippen molar-refractivity contribution in [1.29, 1.82) is 0 Å². The van der Waals surface area contributed by atoms with Crippen LogP contribution in [0.2, 0.25) is 0 Å². The van der Waals surface area contributed by atoms with E-state index in [0.29, 0.717) is 5.82 Å². The van der Waals surface area contributed by atoms with Crippen molar-refractivity contribution in [2.45, 2.75) is 13.8 Å². The lowest BCUT2D eigenvalue weighted by Crippen LogP contribution is -2.00. The van der Waals surface area contributed by atoms with Crippen LogP contribution in [0.4, 0.5) is 4.39 Å². The number of hydrogen-bond donors (Lipinski definition) is 0. The molecule has 0 N–H and O–H groups in total. The van der Waals surface area contributed by atoms with Crippen molar-refractivity contribution >= 4 is 32.6 Å². The number of fused-ring (bicyclic) bond motifs is 3. The third-order valence-corrected chi connectivity index (χ3v) is 5.70. The predicted octanol–water partition coefficient (Wildman–Crippen LogP) is 5.25. The maximum atomic E-state index is 13.2. The van der Waals surface area contributed by atoms with E-state index in [2.05, 4.69) is 50.5 Å². The van der Waals surface area contributed by atoms with Gasteiger partial charge in [0.25, 0.3) is 0 Å². The minimum absolute atomic E-state index is 0.284. The number of para-hydroxylation sites is 1. The van der Waals surface area contributed by atoms with E-state index in [0.717, 1.165) is 43.7 Å². The summed E-state index contributed by atoms with van der Waals surface area (Å²) in [5, 5.41) is 5.49. The number of aryl methyl sites for hydroxylation is 1. The molecule has 7 heteroatoms. The van der Waals surface area contributed by atoms with Crippen molar-refractivity contribution in [3.8, 4) is 17.1 Å². The van der Waals surface area contributed by atoms with Crippen molar-refractivity contribution < 1.29 is 4.39 Å². The standard InChI is InChI=1S/C21H15BrFN5/c1-12-13(2)28(17-6-4-3-5-16(17)22)20-18(12)21-25-19(26-27(21)11-24-20)14-7-9-15(23)10-8-14/h3-11H,1-2H3. The molecule has 3 heterocycles. The van der Waals surface area contributed by atoms with E-state index >= 15 is 0 Å². The quantitative estimate of drug-likeness (QED) is 0.380. The van der Waals surface area contributed by atoms with Crippen LogP contribution < -0.4 is 0 Å². The number of nitrogens with zero attached hydrogens (tertiary/aromatic N) is 5.